The molecule has 2 heterocycles. The van der Waals surface area contributed by atoms with E-state index in [1.807, 2.05) is 38.2 Å². The Morgan fingerprint density at radius 3 is 2.85 bits per heavy atom. The highest BCUT2D eigenvalue weighted by molar-refractivity contribution is 7.90. The Bertz CT molecular complexity index is 818. The lowest BCUT2D eigenvalue weighted by molar-refractivity contribution is 0.581. The van der Waals surface area contributed by atoms with Crippen molar-refractivity contribution >= 4 is 15.8 Å². The summed E-state index contributed by atoms with van der Waals surface area (Å²) in [7, 11) is -2.96. The van der Waals surface area contributed by atoms with Gasteiger partial charge in [0.2, 0.25) is 0 Å². The van der Waals surface area contributed by atoms with E-state index >= 15 is 0 Å². The van der Waals surface area contributed by atoms with Crippen LogP contribution in [0, 0.1) is 0 Å². The number of hydrogen-bond donors (Lipinski definition) is 2. The first kappa shape index (κ1) is 19.9. The number of rotatable bonds is 8. The van der Waals surface area contributed by atoms with Crippen LogP contribution in [0.5, 0.6) is 0 Å². The van der Waals surface area contributed by atoms with Crippen LogP contribution in [-0.2, 0) is 16.4 Å². The van der Waals surface area contributed by atoms with E-state index in [-0.39, 0.29) is 11.8 Å². The molecule has 0 saturated heterocycles. The van der Waals surface area contributed by atoms with Crippen molar-refractivity contribution in [2.45, 2.75) is 32.9 Å². The normalized spacial score (nSPS) is 13.4. The second-order valence-electron chi connectivity index (χ2n) is 6.13. The van der Waals surface area contributed by atoms with E-state index in [9.17, 15) is 8.42 Å². The summed E-state index contributed by atoms with van der Waals surface area (Å²) in [5, 5.41) is 10.6. The van der Waals surface area contributed by atoms with Crippen LogP contribution in [0.3, 0.4) is 0 Å². The molecule has 9 heteroatoms. The Labute approximate surface area is 154 Å². The Hall–Kier alpha value is -2.42. The fourth-order valence-electron chi connectivity index (χ4n) is 2.28. The van der Waals surface area contributed by atoms with Gasteiger partial charge in [0.1, 0.15) is 9.84 Å². The van der Waals surface area contributed by atoms with Gasteiger partial charge >= 0.3 is 0 Å². The van der Waals surface area contributed by atoms with E-state index in [0.29, 0.717) is 18.9 Å². The van der Waals surface area contributed by atoms with Gasteiger partial charge < -0.3 is 10.6 Å². The molecule has 1 unspecified atom stereocenters. The van der Waals surface area contributed by atoms with Gasteiger partial charge in [-0.25, -0.2) is 23.1 Å². The third kappa shape index (κ3) is 6.83. The highest BCUT2D eigenvalue weighted by atomic mass is 32.2. The third-order valence-electron chi connectivity index (χ3n) is 3.62. The number of aliphatic imine (C=N–C) groups is 1. The number of nitrogens with zero attached hydrogens (tertiary/aromatic N) is 4. The molecular weight excluding hydrogens is 352 g/mol. The molecule has 2 aromatic rings. The Morgan fingerprint density at radius 2 is 2.19 bits per heavy atom. The number of guanidine groups is 1. The van der Waals surface area contributed by atoms with E-state index in [1.54, 1.807) is 17.1 Å². The summed E-state index contributed by atoms with van der Waals surface area (Å²) < 4.78 is 24.3. The molecule has 0 fully saturated rings. The molecule has 2 aromatic heterocycles. The molecule has 26 heavy (non-hydrogen) atoms. The quantitative estimate of drug-likeness (QED) is 0.528. The number of aromatic nitrogens is 3. The van der Waals surface area contributed by atoms with E-state index in [1.165, 1.54) is 6.26 Å². The average Bonchev–Trinajstić information content (AvgIpc) is 3.12. The monoisotopic (exact) mass is 378 g/mol. The lowest BCUT2D eigenvalue weighted by atomic mass is 10.2. The van der Waals surface area contributed by atoms with Crippen LogP contribution in [-0.4, -0.2) is 53.7 Å². The molecule has 1 atom stereocenters. The molecule has 0 aliphatic rings. The molecule has 0 aliphatic carbocycles. The minimum atomic E-state index is -2.96. The third-order valence-corrected chi connectivity index (χ3v) is 4.60. The van der Waals surface area contributed by atoms with E-state index in [4.69, 9.17) is 0 Å². The highest BCUT2D eigenvalue weighted by Crippen LogP contribution is 2.07. The maximum atomic E-state index is 11.3. The molecule has 2 rings (SSSR count). The van der Waals surface area contributed by atoms with Crippen molar-refractivity contribution < 1.29 is 8.42 Å². The van der Waals surface area contributed by atoms with Crippen LogP contribution in [0.15, 0.2) is 41.8 Å². The van der Waals surface area contributed by atoms with Gasteiger partial charge in [-0.3, -0.25) is 0 Å². The first-order chi connectivity index (χ1) is 12.4. The predicted octanol–water partition coefficient (Wildman–Crippen LogP) is 1.15. The average molecular weight is 379 g/mol. The molecule has 0 saturated carbocycles. The maximum absolute atomic E-state index is 11.3. The summed E-state index contributed by atoms with van der Waals surface area (Å²) >= 11 is 0. The summed E-state index contributed by atoms with van der Waals surface area (Å²) in [6.45, 7) is 5.13. The first-order valence-electron chi connectivity index (χ1n) is 8.55. The lowest BCUT2D eigenvalue weighted by Crippen LogP contribution is -2.42. The van der Waals surface area contributed by atoms with Crippen LogP contribution in [0.1, 0.15) is 25.8 Å². The highest BCUT2D eigenvalue weighted by Gasteiger charge is 2.09. The zero-order valence-corrected chi connectivity index (χ0v) is 16.2. The first-order valence-corrected chi connectivity index (χ1v) is 10.6. The van der Waals surface area contributed by atoms with Crippen molar-refractivity contribution in [2.24, 2.45) is 4.99 Å². The molecule has 0 aliphatic heterocycles. The van der Waals surface area contributed by atoms with Crippen LogP contribution < -0.4 is 10.6 Å². The molecule has 142 valence electrons. The Morgan fingerprint density at radius 1 is 1.38 bits per heavy atom. The Kier molecular flexibility index (Phi) is 7.14. The van der Waals surface area contributed by atoms with Crippen LogP contribution in [0.4, 0.5) is 0 Å². The molecule has 0 spiro atoms. The van der Waals surface area contributed by atoms with Crippen molar-refractivity contribution in [2.75, 3.05) is 18.6 Å². The van der Waals surface area contributed by atoms with Gasteiger partial charge in [-0.1, -0.05) is 0 Å². The van der Waals surface area contributed by atoms with Crippen LogP contribution in [0.25, 0.3) is 5.82 Å². The van der Waals surface area contributed by atoms with Gasteiger partial charge in [-0.2, -0.15) is 5.10 Å². The van der Waals surface area contributed by atoms with Gasteiger partial charge in [0, 0.05) is 37.4 Å². The smallest absolute Gasteiger partial charge is 0.191 e. The lowest BCUT2D eigenvalue weighted by Gasteiger charge is -2.17. The predicted molar refractivity (Wildman–Crippen MR) is 103 cm³/mol. The van der Waals surface area contributed by atoms with Gasteiger partial charge in [-0.15, -0.1) is 0 Å². The number of hydrogen-bond acceptors (Lipinski definition) is 5. The van der Waals surface area contributed by atoms with E-state index in [2.05, 4.69) is 25.7 Å². The van der Waals surface area contributed by atoms with Crippen molar-refractivity contribution in [1.82, 2.24) is 25.4 Å². The van der Waals surface area contributed by atoms with E-state index in [0.717, 1.165) is 17.9 Å². The van der Waals surface area contributed by atoms with Gasteiger partial charge in [-0.05, 0) is 44.0 Å². The zero-order valence-electron chi connectivity index (χ0n) is 15.4. The van der Waals surface area contributed by atoms with Gasteiger partial charge in [0.15, 0.2) is 11.8 Å². The summed E-state index contributed by atoms with van der Waals surface area (Å²) in [4.78, 5) is 8.88. The number of sulfone groups is 1. The minimum Gasteiger partial charge on any atom is -0.357 e. The maximum Gasteiger partial charge on any atom is 0.191 e. The molecular formula is C17H26N6O2S. The fraction of sp³-hybridized carbons (Fsp3) is 0.471. The molecule has 8 nitrogen and oxygen atoms in total. The topological polar surface area (TPSA) is 101 Å². The second-order valence-corrected chi connectivity index (χ2v) is 8.39. The minimum absolute atomic E-state index is 0.000370. The number of pyridine rings is 1. The summed E-state index contributed by atoms with van der Waals surface area (Å²) in [5.74, 6) is 1.55. The molecule has 0 bridgehead atoms. The van der Waals surface area contributed by atoms with Crippen molar-refractivity contribution in [3.63, 3.8) is 0 Å². The van der Waals surface area contributed by atoms with Crippen molar-refractivity contribution in [1.29, 1.82) is 0 Å². The largest absolute Gasteiger partial charge is 0.357 e. The summed E-state index contributed by atoms with van der Waals surface area (Å²) in [5.41, 5.74) is 1.01. The van der Waals surface area contributed by atoms with Crippen molar-refractivity contribution in [3.8, 4) is 5.82 Å². The molecule has 0 aromatic carbocycles. The fourth-order valence-corrected chi connectivity index (χ4v) is 3.06. The SMILES string of the molecule is CCNC(=NCc1ccnc(-n2cccn2)c1)NC(C)CCS(C)(=O)=O. The molecule has 2 N–H and O–H groups in total. The number of nitrogens with one attached hydrogen (secondary N) is 2. The van der Waals surface area contributed by atoms with Crippen LogP contribution in [0.2, 0.25) is 0 Å². The summed E-state index contributed by atoms with van der Waals surface area (Å²) in [6, 6.07) is 5.69. The molecule has 0 amide bonds. The van der Waals surface area contributed by atoms with E-state index < -0.39 is 9.84 Å². The van der Waals surface area contributed by atoms with Crippen molar-refractivity contribution in [3.05, 3.63) is 42.4 Å². The molecule has 0 radical (unpaired) electrons. The standard InChI is InChI=1S/C17H26N6O2S/c1-4-18-17(22-14(2)7-11-26(3,24)25)20-13-15-6-9-19-16(12-15)23-10-5-8-21-23/h5-6,8-10,12,14H,4,7,11,13H2,1-3H3,(H2,18,20,22). The zero-order chi connectivity index (χ0) is 19.0. The second kappa shape index (κ2) is 9.33. The van der Waals surface area contributed by atoms with Crippen LogP contribution >= 0.6 is 0 Å². The van der Waals surface area contributed by atoms with Gasteiger partial charge in [0.25, 0.3) is 0 Å². The summed E-state index contributed by atoms with van der Waals surface area (Å²) in [6.07, 6.45) is 7.06. The Balaban J connectivity index is 2.01. The van der Waals surface area contributed by atoms with Gasteiger partial charge in [0.05, 0.1) is 12.3 Å².